The molecule has 2 rings (SSSR count). The van der Waals surface area contributed by atoms with Crippen molar-refractivity contribution in [2.45, 2.75) is 10.9 Å². The predicted molar refractivity (Wildman–Crippen MR) is 79.6 cm³/mol. The molecule has 0 radical (unpaired) electrons. The van der Waals surface area contributed by atoms with Gasteiger partial charge in [0.05, 0.1) is 27.3 Å². The van der Waals surface area contributed by atoms with E-state index in [1.807, 2.05) is 7.05 Å². The van der Waals surface area contributed by atoms with E-state index in [1.165, 1.54) is 6.26 Å². The van der Waals surface area contributed by atoms with Crippen LogP contribution in [0.1, 0.15) is 17.3 Å². The molecule has 0 spiro atoms. The Morgan fingerprint density at radius 3 is 2.35 bits per heavy atom. The molecule has 0 bridgehead atoms. The van der Waals surface area contributed by atoms with Crippen LogP contribution in [0.25, 0.3) is 0 Å². The van der Waals surface area contributed by atoms with Gasteiger partial charge in [0.15, 0.2) is 9.84 Å². The number of halogens is 1. The molecule has 1 aromatic heterocycles. The minimum absolute atomic E-state index is 0.279. The average molecular weight is 359 g/mol. The molecule has 6 nitrogen and oxygen atoms in total. The van der Waals surface area contributed by atoms with Gasteiger partial charge < -0.3 is 0 Å². The fraction of sp³-hybridized carbons (Fsp3) is 0.250. The lowest BCUT2D eigenvalue weighted by molar-refractivity contribution is 0.572. The van der Waals surface area contributed by atoms with Crippen LogP contribution in [-0.4, -0.2) is 24.5 Å². The van der Waals surface area contributed by atoms with Gasteiger partial charge in [0.2, 0.25) is 0 Å². The Morgan fingerprint density at radius 2 is 1.95 bits per heavy atom. The zero-order chi connectivity index (χ0) is 14.9. The summed E-state index contributed by atoms with van der Waals surface area (Å²) in [5.74, 6) is 5.63. The molecule has 8 heteroatoms. The van der Waals surface area contributed by atoms with Crippen LogP contribution in [0, 0.1) is 0 Å². The summed E-state index contributed by atoms with van der Waals surface area (Å²) >= 11 is 3.43. The molecule has 0 fully saturated rings. The maximum Gasteiger partial charge on any atom is 0.175 e. The van der Waals surface area contributed by atoms with Crippen LogP contribution in [-0.2, 0) is 16.9 Å². The van der Waals surface area contributed by atoms with Crippen molar-refractivity contribution in [3.63, 3.8) is 0 Å². The van der Waals surface area contributed by atoms with E-state index in [-0.39, 0.29) is 10.9 Å². The van der Waals surface area contributed by atoms with Crippen LogP contribution in [0.4, 0.5) is 0 Å². The quantitative estimate of drug-likeness (QED) is 0.631. The summed E-state index contributed by atoms with van der Waals surface area (Å²) in [5, 5.41) is 4.15. The Morgan fingerprint density at radius 1 is 1.35 bits per heavy atom. The average Bonchev–Trinajstić information content (AvgIpc) is 2.71. The maximum absolute atomic E-state index is 11.5. The highest BCUT2D eigenvalue weighted by Crippen LogP contribution is 2.28. The van der Waals surface area contributed by atoms with Crippen molar-refractivity contribution in [3.05, 3.63) is 46.2 Å². The number of aromatic nitrogens is 2. The molecule has 2 aromatic rings. The minimum atomic E-state index is -3.20. The number of rotatable bonds is 4. The van der Waals surface area contributed by atoms with Crippen molar-refractivity contribution in [2.24, 2.45) is 12.9 Å². The number of hydrazine groups is 1. The Hall–Kier alpha value is -1.22. The summed E-state index contributed by atoms with van der Waals surface area (Å²) in [6.07, 6.45) is 2.86. The van der Waals surface area contributed by atoms with Crippen molar-refractivity contribution in [1.29, 1.82) is 0 Å². The van der Waals surface area contributed by atoms with E-state index in [4.69, 9.17) is 5.84 Å². The van der Waals surface area contributed by atoms with Gasteiger partial charge in [-0.25, -0.2) is 13.8 Å². The summed E-state index contributed by atoms with van der Waals surface area (Å²) in [7, 11) is -1.39. The normalized spacial score (nSPS) is 13.4. The third-order valence-electron chi connectivity index (χ3n) is 3.02. The second-order valence-corrected chi connectivity index (χ2v) is 7.31. The van der Waals surface area contributed by atoms with Gasteiger partial charge in [0.25, 0.3) is 0 Å². The highest BCUT2D eigenvalue weighted by Gasteiger charge is 2.20. The Labute approximate surface area is 126 Å². The molecule has 1 aromatic carbocycles. The van der Waals surface area contributed by atoms with Crippen LogP contribution in [0.2, 0.25) is 0 Å². The first-order valence-electron chi connectivity index (χ1n) is 5.78. The van der Waals surface area contributed by atoms with Crippen molar-refractivity contribution in [1.82, 2.24) is 15.2 Å². The van der Waals surface area contributed by atoms with E-state index in [0.717, 1.165) is 15.7 Å². The Balaban J connectivity index is 2.43. The third kappa shape index (κ3) is 2.93. The zero-order valence-corrected chi connectivity index (χ0v) is 13.4. The van der Waals surface area contributed by atoms with Crippen molar-refractivity contribution in [2.75, 3.05) is 6.26 Å². The number of nitrogens with zero attached hydrogens (tertiary/aromatic N) is 2. The van der Waals surface area contributed by atoms with Crippen molar-refractivity contribution in [3.8, 4) is 0 Å². The standard InChI is InChI=1S/C12H15BrN4O2S/c1-17-12(10(13)7-15-17)11(16-14)8-3-5-9(6-4-8)20(2,18)19/h3-7,11,16H,14H2,1-2H3. The number of nitrogens with one attached hydrogen (secondary N) is 1. The largest absolute Gasteiger partial charge is 0.271 e. The lowest BCUT2D eigenvalue weighted by atomic mass is 10.0. The summed E-state index contributed by atoms with van der Waals surface area (Å²) < 4.78 is 25.5. The van der Waals surface area contributed by atoms with E-state index < -0.39 is 9.84 Å². The number of hydrogen-bond acceptors (Lipinski definition) is 5. The first-order chi connectivity index (χ1) is 9.34. The molecule has 1 heterocycles. The highest BCUT2D eigenvalue weighted by atomic mass is 79.9. The number of hydrogen-bond donors (Lipinski definition) is 2. The molecular formula is C12H15BrN4O2S. The lowest BCUT2D eigenvalue weighted by Gasteiger charge is -2.17. The smallest absolute Gasteiger partial charge is 0.175 e. The fourth-order valence-corrected chi connectivity index (χ4v) is 3.19. The maximum atomic E-state index is 11.5. The van der Waals surface area contributed by atoms with Crippen LogP contribution in [0.15, 0.2) is 39.8 Å². The van der Waals surface area contributed by atoms with Gasteiger partial charge in [-0.3, -0.25) is 10.5 Å². The second-order valence-electron chi connectivity index (χ2n) is 4.44. The molecule has 20 heavy (non-hydrogen) atoms. The molecule has 0 saturated heterocycles. The lowest BCUT2D eigenvalue weighted by Crippen LogP contribution is -2.30. The van der Waals surface area contributed by atoms with Crippen LogP contribution >= 0.6 is 15.9 Å². The number of sulfone groups is 1. The van der Waals surface area contributed by atoms with E-state index in [0.29, 0.717) is 0 Å². The van der Waals surface area contributed by atoms with Gasteiger partial charge in [0, 0.05) is 13.3 Å². The van der Waals surface area contributed by atoms with Gasteiger partial charge >= 0.3 is 0 Å². The Kier molecular flexibility index (Phi) is 4.28. The molecule has 0 aliphatic rings. The number of benzene rings is 1. The van der Waals surface area contributed by atoms with E-state index in [9.17, 15) is 8.42 Å². The van der Waals surface area contributed by atoms with Gasteiger partial charge in [-0.2, -0.15) is 5.10 Å². The Bertz CT molecular complexity index is 690. The van der Waals surface area contributed by atoms with Gasteiger partial charge in [-0.05, 0) is 33.6 Å². The molecule has 3 N–H and O–H groups in total. The zero-order valence-electron chi connectivity index (χ0n) is 11.0. The highest BCUT2D eigenvalue weighted by molar-refractivity contribution is 9.10. The number of nitrogens with two attached hydrogens (primary N) is 1. The third-order valence-corrected chi connectivity index (χ3v) is 4.76. The summed E-state index contributed by atoms with van der Waals surface area (Å²) in [6, 6.07) is 6.32. The fourth-order valence-electron chi connectivity index (χ4n) is 1.99. The molecular weight excluding hydrogens is 344 g/mol. The summed E-state index contributed by atoms with van der Waals surface area (Å²) in [4.78, 5) is 0.279. The van der Waals surface area contributed by atoms with Gasteiger partial charge in [-0.15, -0.1) is 0 Å². The first-order valence-corrected chi connectivity index (χ1v) is 8.46. The van der Waals surface area contributed by atoms with Crippen LogP contribution in [0.3, 0.4) is 0 Å². The molecule has 1 atom stereocenters. The summed E-state index contributed by atoms with van der Waals surface area (Å²) in [6.45, 7) is 0. The molecule has 0 aliphatic heterocycles. The predicted octanol–water partition coefficient (Wildman–Crippen LogP) is 1.14. The number of aryl methyl sites for hydroxylation is 1. The van der Waals surface area contributed by atoms with Gasteiger partial charge in [0.1, 0.15) is 0 Å². The van der Waals surface area contributed by atoms with Gasteiger partial charge in [-0.1, -0.05) is 12.1 Å². The second kappa shape index (κ2) is 5.65. The van der Waals surface area contributed by atoms with E-state index in [1.54, 1.807) is 35.1 Å². The molecule has 0 saturated carbocycles. The molecule has 1 unspecified atom stereocenters. The monoisotopic (exact) mass is 358 g/mol. The molecule has 0 aliphatic carbocycles. The van der Waals surface area contributed by atoms with Crippen LogP contribution < -0.4 is 11.3 Å². The molecule has 0 amide bonds. The van der Waals surface area contributed by atoms with Crippen molar-refractivity contribution >= 4 is 25.8 Å². The van der Waals surface area contributed by atoms with E-state index >= 15 is 0 Å². The summed E-state index contributed by atoms with van der Waals surface area (Å²) in [5.41, 5.74) is 4.43. The molecule has 108 valence electrons. The topological polar surface area (TPSA) is 90.0 Å². The van der Waals surface area contributed by atoms with Crippen LogP contribution in [0.5, 0.6) is 0 Å². The van der Waals surface area contributed by atoms with E-state index in [2.05, 4.69) is 26.5 Å². The minimum Gasteiger partial charge on any atom is -0.271 e. The van der Waals surface area contributed by atoms with Crippen molar-refractivity contribution < 1.29 is 8.42 Å². The first kappa shape index (κ1) is 15.2. The SMILES string of the molecule is Cn1ncc(Br)c1C(NN)c1ccc(S(C)(=O)=O)cc1.